The largest absolute Gasteiger partial charge is 0.298 e. The Balaban J connectivity index is 1.38. The molecule has 0 amide bonds. The molecule has 0 radical (unpaired) electrons. The summed E-state index contributed by atoms with van der Waals surface area (Å²) in [5.74, 6) is 0.770. The molecule has 0 aromatic carbocycles. The molecule has 0 aromatic rings. The van der Waals surface area contributed by atoms with Gasteiger partial charge in [-0.25, -0.2) is 4.39 Å². The van der Waals surface area contributed by atoms with Crippen molar-refractivity contribution in [3.63, 3.8) is 0 Å². The number of hydrogen-bond donors (Lipinski definition) is 0. The van der Waals surface area contributed by atoms with Crippen LogP contribution in [-0.4, -0.2) is 78.8 Å². The van der Waals surface area contributed by atoms with Gasteiger partial charge < -0.3 is 0 Å². The van der Waals surface area contributed by atoms with Crippen LogP contribution in [0.4, 0.5) is 4.39 Å². The minimum atomic E-state index is -0.950. The van der Waals surface area contributed by atoms with Gasteiger partial charge in [0.2, 0.25) is 0 Å². The van der Waals surface area contributed by atoms with E-state index < -0.39 is 5.67 Å². The van der Waals surface area contributed by atoms with Crippen molar-refractivity contribution in [2.24, 2.45) is 11.3 Å². The van der Waals surface area contributed by atoms with Crippen molar-refractivity contribution in [3.05, 3.63) is 0 Å². The summed E-state index contributed by atoms with van der Waals surface area (Å²) in [6.07, 6.45) is 4.04. The predicted molar refractivity (Wildman–Crippen MR) is 94.6 cm³/mol. The molecule has 0 spiro atoms. The monoisotopic (exact) mass is 325 g/mol. The molecule has 1 aliphatic carbocycles. The molecular weight excluding hydrogens is 289 g/mol. The Kier molecular flexibility index (Phi) is 5.06. The second-order valence-corrected chi connectivity index (χ2v) is 9.30. The van der Waals surface area contributed by atoms with Gasteiger partial charge in [-0.2, -0.15) is 0 Å². The molecule has 1 saturated carbocycles. The standard InChI is InChI=1S/C19H36FN3/c1-16(2)11-18(5-6-18)12-22-14-19(20,15-22)13-21-7-9-23(10-8-21)17(3)4/h16-17H,5-15H2,1-4H3. The van der Waals surface area contributed by atoms with Crippen LogP contribution in [0.1, 0.15) is 47.0 Å². The van der Waals surface area contributed by atoms with Crippen molar-refractivity contribution >= 4 is 0 Å². The van der Waals surface area contributed by atoms with E-state index >= 15 is 0 Å². The zero-order chi connectivity index (χ0) is 16.7. The lowest BCUT2D eigenvalue weighted by Crippen LogP contribution is -2.65. The van der Waals surface area contributed by atoms with Crippen LogP contribution in [0.3, 0.4) is 0 Å². The number of likely N-dealkylation sites (tertiary alicyclic amines) is 1. The summed E-state index contributed by atoms with van der Waals surface area (Å²) >= 11 is 0. The fourth-order valence-corrected chi connectivity index (χ4v) is 4.75. The van der Waals surface area contributed by atoms with E-state index in [0.29, 0.717) is 31.1 Å². The smallest absolute Gasteiger partial charge is 0.148 e. The third kappa shape index (κ3) is 4.46. The Morgan fingerprint density at radius 2 is 1.48 bits per heavy atom. The van der Waals surface area contributed by atoms with E-state index in [-0.39, 0.29) is 0 Å². The highest BCUT2D eigenvalue weighted by atomic mass is 19.1. The van der Waals surface area contributed by atoms with Crippen LogP contribution in [0, 0.1) is 11.3 Å². The number of piperazine rings is 1. The molecule has 4 heteroatoms. The van der Waals surface area contributed by atoms with Gasteiger partial charge in [-0.15, -0.1) is 0 Å². The van der Waals surface area contributed by atoms with Gasteiger partial charge in [-0.3, -0.25) is 14.7 Å². The van der Waals surface area contributed by atoms with Crippen molar-refractivity contribution < 1.29 is 4.39 Å². The summed E-state index contributed by atoms with van der Waals surface area (Å²) in [5, 5.41) is 0. The Morgan fingerprint density at radius 1 is 0.870 bits per heavy atom. The maximum Gasteiger partial charge on any atom is 0.148 e. The Bertz CT molecular complexity index is 391. The highest BCUT2D eigenvalue weighted by molar-refractivity contribution is 5.04. The van der Waals surface area contributed by atoms with Crippen LogP contribution < -0.4 is 0 Å². The van der Waals surface area contributed by atoms with E-state index in [1.54, 1.807) is 0 Å². The van der Waals surface area contributed by atoms with Crippen LogP contribution in [0.15, 0.2) is 0 Å². The average molecular weight is 326 g/mol. The molecule has 134 valence electrons. The van der Waals surface area contributed by atoms with Gasteiger partial charge in [0.1, 0.15) is 5.67 Å². The van der Waals surface area contributed by atoms with Gasteiger partial charge in [-0.1, -0.05) is 13.8 Å². The molecule has 23 heavy (non-hydrogen) atoms. The maximum absolute atomic E-state index is 15.0. The first-order chi connectivity index (χ1) is 10.8. The first-order valence-electron chi connectivity index (χ1n) is 9.67. The number of halogens is 1. The Labute approximate surface area is 142 Å². The highest BCUT2D eigenvalue weighted by Gasteiger charge is 2.51. The summed E-state index contributed by atoms with van der Waals surface area (Å²) in [5.41, 5.74) is -0.410. The second-order valence-electron chi connectivity index (χ2n) is 9.30. The summed E-state index contributed by atoms with van der Waals surface area (Å²) < 4.78 is 15.0. The lowest BCUT2D eigenvalue weighted by molar-refractivity contribution is -0.0691. The van der Waals surface area contributed by atoms with E-state index in [1.165, 1.54) is 19.3 Å². The van der Waals surface area contributed by atoms with Crippen molar-refractivity contribution in [2.45, 2.75) is 58.7 Å². The van der Waals surface area contributed by atoms with Crippen LogP contribution in [-0.2, 0) is 0 Å². The van der Waals surface area contributed by atoms with Gasteiger partial charge in [0.15, 0.2) is 0 Å². The van der Waals surface area contributed by atoms with E-state index in [1.807, 2.05) is 0 Å². The molecule has 0 bridgehead atoms. The summed E-state index contributed by atoms with van der Waals surface area (Å²) in [7, 11) is 0. The molecule has 3 nitrogen and oxygen atoms in total. The van der Waals surface area contributed by atoms with Crippen molar-refractivity contribution in [1.82, 2.24) is 14.7 Å². The predicted octanol–water partition coefficient (Wildman–Crippen LogP) is 2.86. The Morgan fingerprint density at radius 3 is 1.96 bits per heavy atom. The molecule has 3 fully saturated rings. The SMILES string of the molecule is CC(C)CC1(CN2CC(F)(CN3CCN(C(C)C)CC3)C2)CC1. The number of alkyl halides is 1. The van der Waals surface area contributed by atoms with Gasteiger partial charge in [0, 0.05) is 58.4 Å². The fraction of sp³-hybridized carbons (Fsp3) is 1.00. The topological polar surface area (TPSA) is 9.72 Å². The van der Waals surface area contributed by atoms with Crippen molar-refractivity contribution in [2.75, 3.05) is 52.4 Å². The van der Waals surface area contributed by atoms with Gasteiger partial charge in [-0.05, 0) is 44.4 Å². The van der Waals surface area contributed by atoms with Crippen molar-refractivity contribution in [3.8, 4) is 0 Å². The maximum atomic E-state index is 15.0. The summed E-state index contributed by atoms with van der Waals surface area (Å²) in [4.78, 5) is 7.22. The third-order valence-electron chi connectivity index (χ3n) is 6.02. The molecule has 0 unspecified atom stereocenters. The first-order valence-corrected chi connectivity index (χ1v) is 9.67. The van der Waals surface area contributed by atoms with Gasteiger partial charge in [0.05, 0.1) is 0 Å². The van der Waals surface area contributed by atoms with Gasteiger partial charge >= 0.3 is 0 Å². The zero-order valence-corrected chi connectivity index (χ0v) is 15.7. The highest BCUT2D eigenvalue weighted by Crippen LogP contribution is 2.52. The van der Waals surface area contributed by atoms with Crippen LogP contribution in [0.5, 0.6) is 0 Å². The normalized spacial score (nSPS) is 28.3. The molecule has 0 aromatic heterocycles. The molecule has 0 atom stereocenters. The molecule has 0 N–H and O–H groups in total. The summed E-state index contributed by atoms with van der Waals surface area (Å²) in [6, 6.07) is 0.617. The fourth-order valence-electron chi connectivity index (χ4n) is 4.75. The first kappa shape index (κ1) is 17.6. The second kappa shape index (κ2) is 6.61. The zero-order valence-electron chi connectivity index (χ0n) is 15.7. The quantitative estimate of drug-likeness (QED) is 0.713. The van der Waals surface area contributed by atoms with E-state index in [2.05, 4.69) is 42.4 Å². The molecule has 2 heterocycles. The molecule has 3 aliphatic rings. The van der Waals surface area contributed by atoms with E-state index in [9.17, 15) is 4.39 Å². The number of nitrogens with zero attached hydrogens (tertiary/aromatic N) is 3. The molecule has 2 aliphatic heterocycles. The number of rotatable bonds is 7. The third-order valence-corrected chi connectivity index (χ3v) is 6.02. The van der Waals surface area contributed by atoms with E-state index in [0.717, 1.165) is 38.6 Å². The van der Waals surface area contributed by atoms with Gasteiger partial charge in [0.25, 0.3) is 0 Å². The van der Waals surface area contributed by atoms with Crippen LogP contribution in [0.25, 0.3) is 0 Å². The summed E-state index contributed by atoms with van der Waals surface area (Å²) in [6.45, 7) is 16.5. The molecule has 3 rings (SSSR count). The van der Waals surface area contributed by atoms with Crippen molar-refractivity contribution in [1.29, 1.82) is 0 Å². The molecule has 2 saturated heterocycles. The lowest BCUT2D eigenvalue weighted by atomic mass is 9.89. The average Bonchev–Trinajstić information content (AvgIpc) is 3.16. The minimum Gasteiger partial charge on any atom is -0.298 e. The Hall–Kier alpha value is -0.190. The van der Waals surface area contributed by atoms with E-state index in [4.69, 9.17) is 0 Å². The lowest BCUT2D eigenvalue weighted by Gasteiger charge is -2.49. The minimum absolute atomic E-state index is 0.540. The van der Waals surface area contributed by atoms with Crippen LogP contribution >= 0.6 is 0 Å². The van der Waals surface area contributed by atoms with Crippen LogP contribution in [0.2, 0.25) is 0 Å². The number of hydrogen-bond acceptors (Lipinski definition) is 3. The molecular formula is C19H36FN3.